The number of benzene rings is 3. The highest BCUT2D eigenvalue weighted by molar-refractivity contribution is 6.12. The lowest BCUT2D eigenvalue weighted by Crippen LogP contribution is -2.29. The number of aryl methyl sites for hydroxylation is 1. The molecule has 3 aromatic carbocycles. The molecule has 0 aliphatic carbocycles. The van der Waals surface area contributed by atoms with Crippen LogP contribution in [0.1, 0.15) is 33.5 Å². The van der Waals surface area contributed by atoms with Gasteiger partial charge in [0.05, 0.1) is 24.1 Å². The van der Waals surface area contributed by atoms with E-state index in [1.807, 2.05) is 42.5 Å². The number of hydrogen-bond acceptors (Lipinski definition) is 6. The number of rotatable bonds is 3. The maximum atomic E-state index is 14.0. The largest absolute Gasteiger partial charge is 0.497 e. The maximum Gasteiger partial charge on any atom is 0.296 e. The molecule has 1 atom stereocenters. The molecule has 3 heterocycles. The summed E-state index contributed by atoms with van der Waals surface area (Å²) >= 11 is 0. The van der Waals surface area contributed by atoms with E-state index in [1.54, 1.807) is 38.3 Å². The molecule has 6 rings (SSSR count). The standard InChI is InChI=1S/C26H18N2O5/c1-14-13-20(27-33-14)28-23(16-7-10-17(31-2)11-8-16)22-24(29)21-18-6-4-3-5-15(18)9-12-19(21)32-25(22)26(28)30/h3-13,23H,1-2H3. The van der Waals surface area contributed by atoms with Crippen molar-refractivity contribution < 1.29 is 18.5 Å². The quantitative estimate of drug-likeness (QED) is 0.369. The SMILES string of the molecule is COc1ccc(C2c3c(oc4ccc5ccccc5c4c3=O)C(=O)N2c2cc(C)on2)cc1. The Morgan fingerprint density at radius 3 is 2.52 bits per heavy atom. The van der Waals surface area contributed by atoms with E-state index in [-0.39, 0.29) is 16.8 Å². The lowest BCUT2D eigenvalue weighted by molar-refractivity contribution is 0.0969. The van der Waals surface area contributed by atoms with Crippen molar-refractivity contribution in [1.29, 1.82) is 0 Å². The molecule has 0 N–H and O–H groups in total. The zero-order chi connectivity index (χ0) is 22.7. The average molecular weight is 438 g/mol. The second kappa shape index (κ2) is 7.06. The summed E-state index contributed by atoms with van der Waals surface area (Å²) in [6, 6.07) is 19.4. The number of hydrogen-bond donors (Lipinski definition) is 0. The van der Waals surface area contributed by atoms with E-state index in [4.69, 9.17) is 13.7 Å². The van der Waals surface area contributed by atoms with E-state index in [0.29, 0.717) is 28.3 Å². The van der Waals surface area contributed by atoms with Crippen LogP contribution < -0.4 is 15.1 Å². The summed E-state index contributed by atoms with van der Waals surface area (Å²) in [7, 11) is 1.58. The van der Waals surface area contributed by atoms with Gasteiger partial charge in [0, 0.05) is 6.07 Å². The predicted octanol–water partition coefficient (Wildman–Crippen LogP) is 5.00. The third-order valence-corrected chi connectivity index (χ3v) is 6.06. The fourth-order valence-corrected chi connectivity index (χ4v) is 4.54. The Kier molecular flexibility index (Phi) is 4.13. The first-order valence-corrected chi connectivity index (χ1v) is 10.5. The number of ether oxygens (including phenoxy) is 1. The number of nitrogens with zero attached hydrogens (tertiary/aromatic N) is 2. The molecule has 1 aliphatic heterocycles. The number of amides is 1. The van der Waals surface area contributed by atoms with Crippen LogP contribution in [0.5, 0.6) is 5.75 Å². The number of fused-ring (bicyclic) bond motifs is 4. The summed E-state index contributed by atoms with van der Waals surface area (Å²) in [6.45, 7) is 1.75. The van der Waals surface area contributed by atoms with E-state index in [9.17, 15) is 9.59 Å². The van der Waals surface area contributed by atoms with Crippen LogP contribution in [0.15, 0.2) is 80.5 Å². The molecule has 2 aromatic heterocycles. The van der Waals surface area contributed by atoms with E-state index in [0.717, 1.165) is 16.3 Å². The van der Waals surface area contributed by atoms with Gasteiger partial charge in [-0.25, -0.2) is 0 Å². The highest BCUT2D eigenvalue weighted by Crippen LogP contribution is 2.41. The topological polar surface area (TPSA) is 85.8 Å². The fourth-order valence-electron chi connectivity index (χ4n) is 4.54. The van der Waals surface area contributed by atoms with E-state index < -0.39 is 11.9 Å². The minimum absolute atomic E-state index is 0.0178. The Hall–Kier alpha value is -4.39. The van der Waals surface area contributed by atoms with Crippen LogP contribution in [0.2, 0.25) is 0 Å². The maximum absolute atomic E-state index is 14.0. The van der Waals surface area contributed by atoms with Crippen LogP contribution in [0.25, 0.3) is 21.7 Å². The van der Waals surface area contributed by atoms with Crippen LogP contribution in [0, 0.1) is 6.92 Å². The minimum Gasteiger partial charge on any atom is -0.497 e. The lowest BCUT2D eigenvalue weighted by atomic mass is 9.97. The first-order chi connectivity index (χ1) is 16.1. The molecule has 1 amide bonds. The van der Waals surface area contributed by atoms with E-state index >= 15 is 0 Å². The van der Waals surface area contributed by atoms with Crippen LogP contribution >= 0.6 is 0 Å². The van der Waals surface area contributed by atoms with Gasteiger partial charge in [0.2, 0.25) is 5.76 Å². The van der Waals surface area contributed by atoms with Crippen molar-refractivity contribution in [2.24, 2.45) is 0 Å². The Labute approximate surface area is 187 Å². The number of methoxy groups -OCH3 is 1. The Bertz CT molecular complexity index is 1610. The molecule has 33 heavy (non-hydrogen) atoms. The molecule has 0 radical (unpaired) electrons. The second-order valence-corrected chi connectivity index (χ2v) is 7.98. The Balaban J connectivity index is 1.68. The molecule has 1 unspecified atom stereocenters. The third kappa shape index (κ3) is 2.79. The van der Waals surface area contributed by atoms with E-state index in [1.165, 1.54) is 4.90 Å². The van der Waals surface area contributed by atoms with Crippen LogP contribution in [0.3, 0.4) is 0 Å². The molecule has 0 bridgehead atoms. The van der Waals surface area contributed by atoms with Crippen molar-refractivity contribution in [2.75, 3.05) is 12.0 Å². The summed E-state index contributed by atoms with van der Waals surface area (Å²) in [5.74, 6) is 1.12. The van der Waals surface area contributed by atoms with Crippen LogP contribution in [-0.4, -0.2) is 18.2 Å². The van der Waals surface area contributed by atoms with Gasteiger partial charge in [-0.15, -0.1) is 0 Å². The molecule has 0 saturated carbocycles. The molecule has 5 aromatic rings. The number of aromatic nitrogens is 1. The zero-order valence-electron chi connectivity index (χ0n) is 17.9. The smallest absolute Gasteiger partial charge is 0.296 e. The zero-order valence-corrected chi connectivity index (χ0v) is 17.9. The molecular formula is C26H18N2O5. The second-order valence-electron chi connectivity index (χ2n) is 7.98. The van der Waals surface area contributed by atoms with Gasteiger partial charge in [-0.05, 0) is 41.5 Å². The summed E-state index contributed by atoms with van der Waals surface area (Å²) in [4.78, 5) is 29.0. The van der Waals surface area contributed by atoms with Crippen molar-refractivity contribution in [2.45, 2.75) is 13.0 Å². The first-order valence-electron chi connectivity index (χ1n) is 10.5. The predicted molar refractivity (Wildman–Crippen MR) is 123 cm³/mol. The van der Waals surface area contributed by atoms with Gasteiger partial charge in [-0.2, -0.15) is 0 Å². The number of carbonyl (C=O) groups excluding carboxylic acids is 1. The van der Waals surface area contributed by atoms with Gasteiger partial charge < -0.3 is 13.7 Å². The molecule has 0 saturated heterocycles. The van der Waals surface area contributed by atoms with Crippen LogP contribution in [-0.2, 0) is 0 Å². The average Bonchev–Trinajstić information content (AvgIpc) is 3.39. The summed E-state index contributed by atoms with van der Waals surface area (Å²) in [5.41, 5.74) is 1.16. The summed E-state index contributed by atoms with van der Waals surface area (Å²) < 4.78 is 16.6. The van der Waals surface area contributed by atoms with E-state index in [2.05, 4.69) is 5.16 Å². The van der Waals surface area contributed by atoms with Gasteiger partial charge in [0.15, 0.2) is 11.2 Å². The summed E-state index contributed by atoms with van der Waals surface area (Å²) in [5, 5.41) is 6.21. The van der Waals surface area contributed by atoms with Crippen molar-refractivity contribution in [3.05, 3.63) is 99.6 Å². The summed E-state index contributed by atoms with van der Waals surface area (Å²) in [6.07, 6.45) is 0. The molecule has 162 valence electrons. The van der Waals surface area contributed by atoms with Crippen molar-refractivity contribution in [3.8, 4) is 5.75 Å². The van der Waals surface area contributed by atoms with Gasteiger partial charge >= 0.3 is 0 Å². The van der Waals surface area contributed by atoms with Gasteiger partial charge in [0.1, 0.15) is 17.1 Å². The van der Waals surface area contributed by atoms with Crippen molar-refractivity contribution in [3.63, 3.8) is 0 Å². The monoisotopic (exact) mass is 438 g/mol. The molecule has 0 spiro atoms. The van der Waals surface area contributed by atoms with Gasteiger partial charge in [0.25, 0.3) is 5.91 Å². The molecular weight excluding hydrogens is 420 g/mol. The van der Waals surface area contributed by atoms with Gasteiger partial charge in [-0.3, -0.25) is 14.5 Å². The van der Waals surface area contributed by atoms with Gasteiger partial charge in [-0.1, -0.05) is 47.6 Å². The minimum atomic E-state index is -0.720. The highest BCUT2D eigenvalue weighted by Gasteiger charge is 2.45. The Morgan fingerprint density at radius 2 is 1.79 bits per heavy atom. The fraction of sp³-hybridized carbons (Fsp3) is 0.115. The highest BCUT2D eigenvalue weighted by atomic mass is 16.5. The molecule has 0 fully saturated rings. The molecule has 1 aliphatic rings. The molecule has 7 heteroatoms. The van der Waals surface area contributed by atoms with Crippen LogP contribution in [0.4, 0.5) is 5.82 Å². The Morgan fingerprint density at radius 1 is 1.00 bits per heavy atom. The normalized spacial score (nSPS) is 15.4. The first kappa shape index (κ1) is 19.3. The van der Waals surface area contributed by atoms with Crippen molar-refractivity contribution in [1.82, 2.24) is 5.16 Å². The number of carbonyl (C=O) groups is 1. The lowest BCUT2D eigenvalue weighted by Gasteiger charge is -2.22. The van der Waals surface area contributed by atoms with Crippen molar-refractivity contribution >= 4 is 33.5 Å². The third-order valence-electron chi connectivity index (χ3n) is 6.06. The number of anilines is 1. The molecule has 7 nitrogen and oxygen atoms in total.